The van der Waals surface area contributed by atoms with E-state index >= 15 is 0 Å². The Morgan fingerprint density at radius 2 is 0.729 bits per heavy atom. The number of hydrogen-bond donors (Lipinski definition) is 2. The smallest absolute Gasteiger partial charge is 0.305 e. The summed E-state index contributed by atoms with van der Waals surface area (Å²) in [7, 11) is 1.65. The van der Waals surface area contributed by atoms with Crippen molar-refractivity contribution in [1.82, 2.24) is 0 Å². The summed E-state index contributed by atoms with van der Waals surface area (Å²) >= 11 is 5.73. The summed E-state index contributed by atoms with van der Waals surface area (Å²) in [5.41, 5.74) is 14.1. The first-order valence-electron chi connectivity index (χ1n) is 28.0. The number of carboxylic acids is 1. The van der Waals surface area contributed by atoms with Crippen LogP contribution in [0.3, 0.4) is 0 Å². The zero-order chi connectivity index (χ0) is 59.3. The number of aliphatic carboxylic acids is 1. The molecule has 85 heavy (non-hydrogen) atoms. The number of rotatable bonds is 13. The number of halogens is 1. The Hall–Kier alpha value is -9.98. The van der Waals surface area contributed by atoms with Crippen LogP contribution < -0.4 is 30.2 Å². The molecule has 0 aromatic heterocycles. The molecule has 0 radical (unpaired) electrons. The number of benzene rings is 10. The first kappa shape index (κ1) is 56.9. The third kappa shape index (κ3) is 10.6. The monoisotopic (exact) mass is 1150 g/mol. The predicted octanol–water partition coefficient (Wildman–Crippen LogP) is 12.6. The molecule has 10 aromatic carbocycles. The van der Waals surface area contributed by atoms with E-state index in [0.29, 0.717) is 57.3 Å². The third-order valence-corrected chi connectivity index (χ3v) is 15.8. The lowest BCUT2D eigenvalue weighted by atomic mass is 10.1. The van der Waals surface area contributed by atoms with E-state index in [4.69, 9.17) is 33.8 Å². The Morgan fingerprint density at radius 3 is 1.01 bits per heavy atom. The van der Waals surface area contributed by atoms with Gasteiger partial charge in [0.05, 0.1) is 41.5 Å². The number of nitrogens with two attached hydrogens (primary N) is 1. The van der Waals surface area contributed by atoms with Gasteiger partial charge in [-0.15, -0.1) is 11.6 Å². The van der Waals surface area contributed by atoms with Crippen molar-refractivity contribution in [1.29, 1.82) is 0 Å². The Kier molecular flexibility index (Phi) is 16.6. The molecule has 5 aliphatic heterocycles. The van der Waals surface area contributed by atoms with Crippen molar-refractivity contribution in [3.8, 4) is 0 Å². The van der Waals surface area contributed by atoms with Gasteiger partial charge in [0.25, 0.3) is 29.5 Å². The van der Waals surface area contributed by atoms with Gasteiger partial charge in [0.2, 0.25) is 6.54 Å². The number of carbonyl (C=O) groups excluding carboxylic acids is 5. The lowest BCUT2D eigenvalue weighted by Gasteiger charge is -2.16. The number of amides is 5. The average Bonchev–Trinajstić information content (AvgIpc) is 4.47. The molecule has 5 heterocycles. The number of methoxy groups -OCH3 is 1. The molecule has 0 saturated heterocycles. The number of anilines is 5. The average molecular weight is 1150 g/mol. The summed E-state index contributed by atoms with van der Waals surface area (Å²) in [6, 6.07) is 58.6. The molecule has 10 aromatic rings. The fourth-order valence-corrected chi connectivity index (χ4v) is 12.1. The van der Waals surface area contributed by atoms with Crippen LogP contribution in [0.4, 0.5) is 28.4 Å². The predicted molar refractivity (Wildman–Crippen MR) is 338 cm³/mol. The third-order valence-electron chi connectivity index (χ3n) is 15.6. The van der Waals surface area contributed by atoms with Crippen LogP contribution in [0.1, 0.15) is 64.6 Å². The molecule has 16 heteroatoms. The van der Waals surface area contributed by atoms with Crippen LogP contribution in [0.5, 0.6) is 0 Å². The van der Waals surface area contributed by atoms with Crippen molar-refractivity contribution >= 4 is 129 Å². The molecule has 0 saturated carbocycles. The normalized spacial score (nSPS) is 13.5. The van der Waals surface area contributed by atoms with Gasteiger partial charge in [-0.25, -0.2) is 6.57 Å². The molecule has 0 atom stereocenters. The van der Waals surface area contributed by atoms with Crippen molar-refractivity contribution in [3.63, 3.8) is 0 Å². The summed E-state index contributed by atoms with van der Waals surface area (Å²) in [5, 5.41) is 19.3. The van der Waals surface area contributed by atoms with Gasteiger partial charge in [-0.2, -0.15) is 0 Å². The number of alkyl halides is 1. The number of ether oxygens (including phenoxy) is 1. The minimum atomic E-state index is -0.897. The van der Waals surface area contributed by atoms with E-state index < -0.39 is 5.97 Å². The van der Waals surface area contributed by atoms with Gasteiger partial charge < -0.3 is 44.9 Å². The molecule has 15 nitrogen and oxygen atoms in total. The molecule has 3 N–H and O–H groups in total. The summed E-state index contributed by atoms with van der Waals surface area (Å²) < 4.78 is 5.05. The fraction of sp³-hybridized carbons (Fsp3) is 0.174. The van der Waals surface area contributed by atoms with E-state index in [2.05, 4.69) is 4.85 Å². The summed E-state index contributed by atoms with van der Waals surface area (Å²) in [5.74, 6) is -0.282. The van der Waals surface area contributed by atoms with Gasteiger partial charge in [-0.05, 0) is 87.6 Å². The highest BCUT2D eigenvalue weighted by molar-refractivity contribution is 6.29. The van der Waals surface area contributed by atoms with Gasteiger partial charge in [-0.3, -0.25) is 28.8 Å². The maximum Gasteiger partial charge on any atom is 0.305 e. The fourth-order valence-electron chi connectivity index (χ4n) is 11.9. The Morgan fingerprint density at radius 1 is 0.447 bits per heavy atom. The van der Waals surface area contributed by atoms with Crippen LogP contribution in [-0.2, 0) is 9.53 Å². The van der Waals surface area contributed by atoms with Gasteiger partial charge in [0.15, 0.2) is 0 Å². The van der Waals surface area contributed by atoms with Gasteiger partial charge in [0, 0.05) is 113 Å². The quantitative estimate of drug-likeness (QED) is 0.0646. The van der Waals surface area contributed by atoms with Crippen molar-refractivity contribution in [2.75, 3.05) is 89.9 Å². The van der Waals surface area contributed by atoms with Crippen LogP contribution in [0.25, 0.3) is 58.7 Å². The molecule has 5 amide bonds. The Labute approximate surface area is 495 Å². The SMILES string of the molecule is COCCN1C(=O)c2cccc3cccc1c23.NCCN1C(=O)c2cccc3cccc1c23.O=C(O)CCN1C(=O)c2cccc3cccc1c23.O=C1c2cccc3cccc(c23)N1CCCl.[C-]#[N+]CCCN1C(=O)c2cccc3cccc1c23. The number of hydrogen-bond acceptors (Lipinski definition) is 8. The molecule has 0 aliphatic carbocycles. The maximum atomic E-state index is 12.3. The first-order valence-corrected chi connectivity index (χ1v) is 28.5. The molecule has 5 aliphatic rings. The number of carbonyl (C=O) groups is 6. The van der Waals surface area contributed by atoms with E-state index in [9.17, 15) is 28.8 Å². The van der Waals surface area contributed by atoms with Crippen LogP contribution >= 0.6 is 11.6 Å². The van der Waals surface area contributed by atoms with Crippen molar-refractivity contribution in [2.24, 2.45) is 5.73 Å². The molecule has 0 fully saturated rings. The second-order valence-corrected chi connectivity index (χ2v) is 20.9. The zero-order valence-electron chi connectivity index (χ0n) is 46.5. The van der Waals surface area contributed by atoms with E-state index in [1.807, 2.05) is 176 Å². The van der Waals surface area contributed by atoms with Crippen molar-refractivity contribution < 1.29 is 38.6 Å². The molecule has 0 spiro atoms. The van der Waals surface area contributed by atoms with Gasteiger partial charge in [0.1, 0.15) is 0 Å². The van der Waals surface area contributed by atoms with Crippen LogP contribution in [0.15, 0.2) is 182 Å². The van der Waals surface area contributed by atoms with E-state index in [0.717, 1.165) is 111 Å². The summed E-state index contributed by atoms with van der Waals surface area (Å²) in [6.07, 6.45) is 0.676. The van der Waals surface area contributed by atoms with E-state index in [1.54, 1.807) is 37.7 Å². The molecule has 0 bridgehead atoms. The number of carboxylic acid groups (broad SMARTS) is 1. The zero-order valence-corrected chi connectivity index (χ0v) is 47.3. The summed E-state index contributed by atoms with van der Waals surface area (Å²) in [6.45, 7) is 10.9. The Balaban J connectivity index is 0.000000111. The highest BCUT2D eigenvalue weighted by Crippen LogP contribution is 2.41. The molecule has 424 valence electrons. The minimum absolute atomic E-state index is 0.0455. The molecule has 0 unspecified atom stereocenters. The second-order valence-electron chi connectivity index (χ2n) is 20.5. The van der Waals surface area contributed by atoms with E-state index in [1.165, 1.54) is 0 Å². The molecule has 15 rings (SSSR count). The second kappa shape index (κ2) is 24.9. The maximum absolute atomic E-state index is 12.3. The lowest BCUT2D eigenvalue weighted by molar-refractivity contribution is -0.136. The molecular weight excluding hydrogens is 1090 g/mol. The minimum Gasteiger partial charge on any atom is -0.481 e. The highest BCUT2D eigenvalue weighted by Gasteiger charge is 2.33. The topological polar surface area (TPSA) is 178 Å². The van der Waals surface area contributed by atoms with Gasteiger partial charge in [-0.1, -0.05) is 121 Å². The van der Waals surface area contributed by atoms with Crippen molar-refractivity contribution in [3.05, 3.63) is 221 Å². The van der Waals surface area contributed by atoms with Crippen LogP contribution in [0, 0.1) is 6.57 Å². The van der Waals surface area contributed by atoms with E-state index in [-0.39, 0.29) is 42.5 Å². The highest BCUT2D eigenvalue weighted by atomic mass is 35.5. The summed E-state index contributed by atoms with van der Waals surface area (Å²) in [4.78, 5) is 83.7. The lowest BCUT2D eigenvalue weighted by Crippen LogP contribution is -2.31. The Bertz CT molecular complexity index is 4240. The first-order chi connectivity index (χ1) is 41.5. The van der Waals surface area contributed by atoms with Crippen LogP contribution in [-0.4, -0.2) is 106 Å². The standard InChI is InChI=1S/C15H12N2O.C14H11NO3.C14H13NO2.C13H10ClNO.C13H12N2O/c1-16-9-4-10-17-13-8-3-6-11-5-2-7-12(14(11)13)15(17)18;16-12(17)7-8-15-11-6-2-4-9-3-1-5-10(13(9)11)14(15)18;1-17-9-8-15-12-7-3-5-10-4-2-6-11(13(10)12)14(15)16;2*14-7-8-15-11-6-2-4-9-3-1-5-10(12(9)11)13(15)16/h2-3,5-8H,4,9-10H2;1-6H,7-8H2,(H,16,17);2-7H,8-9H2,1H3;1-6H,7-8H2;1-6H,7-8,14H2. The van der Waals surface area contributed by atoms with Crippen molar-refractivity contribution in [2.45, 2.75) is 12.8 Å². The van der Waals surface area contributed by atoms with Gasteiger partial charge >= 0.3 is 5.97 Å². The molecular formula is C69H58ClN7O8. The largest absolute Gasteiger partial charge is 0.481 e. The number of nitrogens with zero attached hydrogens (tertiary/aromatic N) is 6. The van der Waals surface area contributed by atoms with Crippen LogP contribution in [0.2, 0.25) is 0 Å².